The molecule has 5 heteroatoms. The Kier molecular flexibility index (Phi) is 1.61. The zero-order valence-corrected chi connectivity index (χ0v) is 8.83. The van der Waals surface area contributed by atoms with Crippen molar-refractivity contribution in [2.24, 2.45) is 5.73 Å². The molecule has 0 bridgehead atoms. The molecule has 82 valence electrons. The van der Waals surface area contributed by atoms with Crippen molar-refractivity contribution in [3.05, 3.63) is 35.0 Å². The minimum atomic E-state index is 0.139. The number of nitriles is 1. The lowest BCUT2D eigenvalue weighted by molar-refractivity contribution is 1.44. The van der Waals surface area contributed by atoms with Gasteiger partial charge in [-0.25, -0.2) is 0 Å². The van der Waals surface area contributed by atoms with E-state index in [1.807, 2.05) is 12.1 Å². The number of nitrogen functional groups attached to an aromatic ring is 1. The molecule has 1 aliphatic carbocycles. The number of nitrogens with two attached hydrogens (primary N) is 2. The van der Waals surface area contributed by atoms with Crippen LogP contribution in [0.5, 0.6) is 0 Å². The van der Waals surface area contributed by atoms with Gasteiger partial charge < -0.3 is 16.5 Å². The number of allylic oxidation sites excluding steroid dienone is 1. The number of H-pyrrole nitrogens is 1. The molecule has 0 unspecified atom stereocenters. The molecule has 1 aliphatic rings. The Morgan fingerprint density at radius 3 is 2.76 bits per heavy atom. The number of hydrogen-bond donors (Lipinski definition) is 4. The highest BCUT2D eigenvalue weighted by Gasteiger charge is 2.29. The molecule has 2 aromatic rings. The number of aromatic amines is 1. The number of rotatable bonds is 0. The van der Waals surface area contributed by atoms with Gasteiger partial charge in [0.05, 0.1) is 16.9 Å². The van der Waals surface area contributed by atoms with E-state index in [4.69, 9.17) is 22.1 Å². The molecular weight excluding hydrogens is 214 g/mol. The number of fused-ring (bicyclic) bond motifs is 3. The molecule has 1 aromatic carbocycles. The maximum absolute atomic E-state index is 9.01. The number of nitrogens with one attached hydrogen (secondary N) is 2. The van der Waals surface area contributed by atoms with Gasteiger partial charge in [-0.2, -0.15) is 5.26 Å². The van der Waals surface area contributed by atoms with E-state index < -0.39 is 0 Å². The van der Waals surface area contributed by atoms with E-state index in [9.17, 15) is 0 Å². The van der Waals surface area contributed by atoms with E-state index in [-0.39, 0.29) is 11.3 Å². The first-order chi connectivity index (χ1) is 8.15. The van der Waals surface area contributed by atoms with Crippen LogP contribution in [-0.2, 0) is 0 Å². The summed E-state index contributed by atoms with van der Waals surface area (Å²) in [6.07, 6.45) is 1.78. The summed E-state index contributed by atoms with van der Waals surface area (Å²) in [5.41, 5.74) is 14.9. The SMILES string of the molecule is N#CC1=C(N)c2c(N)cc3cc[nH]c3c2C1=N. The van der Waals surface area contributed by atoms with Gasteiger partial charge in [-0.05, 0) is 12.1 Å². The van der Waals surface area contributed by atoms with Crippen LogP contribution in [0.25, 0.3) is 16.6 Å². The van der Waals surface area contributed by atoms with E-state index in [0.29, 0.717) is 22.5 Å². The van der Waals surface area contributed by atoms with Crippen LogP contribution in [0.4, 0.5) is 5.69 Å². The molecule has 0 aliphatic heterocycles. The van der Waals surface area contributed by atoms with Gasteiger partial charge in [0, 0.05) is 28.4 Å². The van der Waals surface area contributed by atoms with Gasteiger partial charge in [-0.15, -0.1) is 0 Å². The Labute approximate surface area is 96.8 Å². The second kappa shape index (κ2) is 2.89. The summed E-state index contributed by atoms with van der Waals surface area (Å²) in [5.74, 6) is 0. The minimum absolute atomic E-state index is 0.139. The summed E-state index contributed by atoms with van der Waals surface area (Å²) in [7, 11) is 0. The highest BCUT2D eigenvalue weighted by molar-refractivity contribution is 6.29. The van der Waals surface area contributed by atoms with Crippen molar-refractivity contribution in [2.45, 2.75) is 0 Å². The maximum Gasteiger partial charge on any atom is 0.104 e. The highest BCUT2D eigenvalue weighted by atomic mass is 14.7. The molecule has 5 nitrogen and oxygen atoms in total. The molecule has 0 radical (unpaired) electrons. The number of benzene rings is 1. The lowest BCUT2D eigenvalue weighted by Crippen LogP contribution is -2.01. The third-order valence-corrected chi connectivity index (χ3v) is 3.03. The van der Waals surface area contributed by atoms with E-state index in [1.165, 1.54) is 0 Å². The zero-order valence-electron chi connectivity index (χ0n) is 8.83. The normalized spacial score (nSPS) is 14.2. The van der Waals surface area contributed by atoms with Gasteiger partial charge in [0.25, 0.3) is 0 Å². The molecule has 1 heterocycles. The van der Waals surface area contributed by atoms with E-state index in [1.54, 1.807) is 12.3 Å². The Bertz CT molecular complexity index is 742. The van der Waals surface area contributed by atoms with Crippen LogP contribution in [0.3, 0.4) is 0 Å². The van der Waals surface area contributed by atoms with Gasteiger partial charge >= 0.3 is 0 Å². The molecular formula is C12H9N5. The van der Waals surface area contributed by atoms with Gasteiger partial charge in [-0.1, -0.05) is 0 Å². The van der Waals surface area contributed by atoms with Gasteiger partial charge in [0.1, 0.15) is 11.6 Å². The quantitative estimate of drug-likeness (QED) is 0.505. The van der Waals surface area contributed by atoms with E-state index >= 15 is 0 Å². The molecule has 0 fully saturated rings. The number of anilines is 1. The summed E-state index contributed by atoms with van der Waals surface area (Å²) in [6, 6.07) is 5.63. The van der Waals surface area contributed by atoms with E-state index in [2.05, 4.69) is 4.98 Å². The molecule has 0 saturated heterocycles. The maximum atomic E-state index is 9.01. The molecule has 0 amide bonds. The average molecular weight is 223 g/mol. The topological polar surface area (TPSA) is 115 Å². The fourth-order valence-electron chi connectivity index (χ4n) is 2.27. The standard InChI is InChI=1S/C12H9N5/c13-4-6-10(15)8-7(14)3-5-1-2-17-12(5)9(8)11(6)16/h1-3,16-17H,14-15H2. The van der Waals surface area contributed by atoms with Crippen LogP contribution < -0.4 is 11.5 Å². The molecule has 0 spiro atoms. The van der Waals surface area contributed by atoms with Crippen LogP contribution in [-0.4, -0.2) is 10.7 Å². The van der Waals surface area contributed by atoms with Crippen molar-refractivity contribution >= 4 is 28.0 Å². The summed E-state index contributed by atoms with van der Waals surface area (Å²) in [4.78, 5) is 3.05. The smallest absolute Gasteiger partial charge is 0.104 e. The van der Waals surface area contributed by atoms with Crippen LogP contribution in [0.2, 0.25) is 0 Å². The first-order valence-corrected chi connectivity index (χ1v) is 5.04. The second-order valence-corrected chi connectivity index (χ2v) is 3.93. The highest BCUT2D eigenvalue weighted by Crippen LogP contribution is 2.37. The minimum Gasteiger partial charge on any atom is -0.398 e. The Balaban J connectivity index is 2.51. The zero-order chi connectivity index (χ0) is 12.2. The fourth-order valence-corrected chi connectivity index (χ4v) is 2.27. The average Bonchev–Trinajstić information content (AvgIpc) is 2.83. The predicted octanol–water partition coefficient (Wildman–Crippen LogP) is 1.32. The van der Waals surface area contributed by atoms with Gasteiger partial charge in [-0.3, -0.25) is 5.41 Å². The third-order valence-electron chi connectivity index (χ3n) is 3.03. The Morgan fingerprint density at radius 1 is 1.29 bits per heavy atom. The second-order valence-electron chi connectivity index (χ2n) is 3.93. The van der Waals surface area contributed by atoms with Crippen LogP contribution in [0.1, 0.15) is 11.1 Å². The molecule has 3 rings (SSSR count). The summed E-state index contributed by atoms with van der Waals surface area (Å²) < 4.78 is 0. The van der Waals surface area contributed by atoms with Crippen molar-refractivity contribution in [2.75, 3.05) is 5.73 Å². The van der Waals surface area contributed by atoms with Crippen molar-refractivity contribution < 1.29 is 0 Å². The monoisotopic (exact) mass is 223 g/mol. The number of hydrogen-bond acceptors (Lipinski definition) is 4. The first-order valence-electron chi connectivity index (χ1n) is 5.04. The van der Waals surface area contributed by atoms with Crippen LogP contribution in [0.15, 0.2) is 23.9 Å². The Hall–Kier alpha value is -2.74. The van der Waals surface area contributed by atoms with Crippen LogP contribution >= 0.6 is 0 Å². The molecule has 0 saturated carbocycles. The lowest BCUT2D eigenvalue weighted by atomic mass is 10.0. The third kappa shape index (κ3) is 0.988. The fraction of sp³-hybridized carbons (Fsp3) is 0. The largest absolute Gasteiger partial charge is 0.398 e. The summed E-state index contributed by atoms with van der Waals surface area (Å²) in [6.45, 7) is 0. The van der Waals surface area contributed by atoms with Crippen molar-refractivity contribution in [3.8, 4) is 6.07 Å². The molecule has 0 atom stereocenters. The van der Waals surface area contributed by atoms with Gasteiger partial charge in [0.2, 0.25) is 0 Å². The lowest BCUT2D eigenvalue weighted by Gasteiger charge is -2.06. The molecule has 1 aromatic heterocycles. The number of aromatic nitrogens is 1. The predicted molar refractivity (Wildman–Crippen MR) is 66.3 cm³/mol. The summed E-state index contributed by atoms with van der Waals surface area (Å²) >= 11 is 0. The van der Waals surface area contributed by atoms with E-state index in [0.717, 1.165) is 10.9 Å². The van der Waals surface area contributed by atoms with Crippen molar-refractivity contribution in [1.29, 1.82) is 10.7 Å². The van der Waals surface area contributed by atoms with Crippen molar-refractivity contribution in [1.82, 2.24) is 4.98 Å². The Morgan fingerprint density at radius 2 is 2.06 bits per heavy atom. The molecule has 6 N–H and O–H groups in total. The summed E-state index contributed by atoms with van der Waals surface area (Å²) in [5, 5.41) is 17.9. The van der Waals surface area contributed by atoms with Gasteiger partial charge in [0.15, 0.2) is 0 Å². The van der Waals surface area contributed by atoms with Crippen LogP contribution in [0, 0.1) is 16.7 Å². The first kappa shape index (κ1) is 9.48. The van der Waals surface area contributed by atoms with Crippen molar-refractivity contribution in [3.63, 3.8) is 0 Å². The molecule has 17 heavy (non-hydrogen) atoms. The number of nitrogens with zero attached hydrogens (tertiary/aromatic N) is 1.